The van der Waals surface area contributed by atoms with Gasteiger partial charge in [0.15, 0.2) is 23.0 Å². The van der Waals surface area contributed by atoms with E-state index in [0.29, 0.717) is 35.0 Å². The van der Waals surface area contributed by atoms with Crippen molar-refractivity contribution in [3.8, 4) is 34.5 Å². The van der Waals surface area contributed by atoms with Gasteiger partial charge >= 0.3 is 0 Å². The Balaban J connectivity index is 2.67. The summed E-state index contributed by atoms with van der Waals surface area (Å²) in [5.41, 5.74) is 1.50. The van der Waals surface area contributed by atoms with Crippen LogP contribution in [-0.4, -0.2) is 55.1 Å². The Morgan fingerprint density at radius 3 is 1.55 bits per heavy atom. The lowest BCUT2D eigenvalue weighted by Gasteiger charge is -2.22. The van der Waals surface area contributed by atoms with E-state index in [2.05, 4.69) is 0 Å². The van der Waals surface area contributed by atoms with E-state index >= 15 is 0 Å². The van der Waals surface area contributed by atoms with Crippen LogP contribution in [0.25, 0.3) is 0 Å². The van der Waals surface area contributed by atoms with E-state index in [4.69, 9.17) is 28.0 Å². The van der Waals surface area contributed by atoms with Gasteiger partial charge < -0.3 is 28.0 Å². The van der Waals surface area contributed by atoms with Crippen LogP contribution < -0.4 is 28.0 Å². The highest BCUT2D eigenvalue weighted by Gasteiger charge is 2.26. The number of ether oxygens (including phenoxy) is 4. The number of hydrogen-bond donors (Lipinski definition) is 0. The summed E-state index contributed by atoms with van der Waals surface area (Å²) >= 11 is 0. The Kier molecular flexibility index (Phi) is 7.96. The zero-order valence-corrected chi connectivity index (χ0v) is 21.0. The smallest absolute Gasteiger partial charge is 0.242 e. The third-order valence-corrected chi connectivity index (χ3v) is 5.36. The molecule has 0 bridgehead atoms. The zero-order chi connectivity index (χ0) is 23.4. The summed E-state index contributed by atoms with van der Waals surface area (Å²) in [6.45, 7) is 5.97. The predicted octanol–water partition coefficient (Wildman–Crippen LogP) is 5.14. The fraction of sp³-hybridized carbons (Fsp3) is 0.429. The second-order valence-electron chi connectivity index (χ2n) is 7.48. The maximum Gasteiger partial charge on any atom is 0.242 e. The number of rotatable bonds is 10. The molecule has 10 heteroatoms. The molecule has 8 nitrogen and oxygen atoms in total. The zero-order valence-electron chi connectivity index (χ0n) is 19.2. The van der Waals surface area contributed by atoms with E-state index in [0.717, 1.165) is 5.56 Å². The molecular weight excluding hydrogens is 442 g/mol. The standard InChI is InChI=1S/C21H30O8P2/c1-24-16-10-9-15(19(28-30(5,6)22)21(16)29-31(7,8)23)11-14-12-17(25-2)20(27-4)18(13-14)26-3/h9-10,12-13H,11H2,1-8H3. The van der Waals surface area contributed by atoms with Crippen molar-refractivity contribution < 1.29 is 37.1 Å². The molecule has 0 aliphatic heterocycles. The number of benzene rings is 2. The lowest BCUT2D eigenvalue weighted by atomic mass is 10.0. The van der Waals surface area contributed by atoms with Gasteiger partial charge in [-0.25, -0.2) is 0 Å². The minimum atomic E-state index is -2.98. The van der Waals surface area contributed by atoms with Crippen molar-refractivity contribution in [2.24, 2.45) is 0 Å². The average molecular weight is 472 g/mol. The van der Waals surface area contributed by atoms with Gasteiger partial charge in [-0.2, -0.15) is 0 Å². The van der Waals surface area contributed by atoms with Crippen molar-refractivity contribution in [1.29, 1.82) is 0 Å². The minimum Gasteiger partial charge on any atom is -0.493 e. The first-order valence-electron chi connectivity index (χ1n) is 9.40. The highest BCUT2D eigenvalue weighted by Crippen LogP contribution is 2.53. The van der Waals surface area contributed by atoms with E-state index in [1.807, 2.05) is 12.1 Å². The van der Waals surface area contributed by atoms with Gasteiger partial charge in [0.25, 0.3) is 0 Å². The molecule has 172 valence electrons. The van der Waals surface area contributed by atoms with E-state index in [1.54, 1.807) is 26.4 Å². The summed E-state index contributed by atoms with van der Waals surface area (Å²) in [6, 6.07) is 7.12. The second-order valence-corrected chi connectivity index (χ2v) is 12.9. The number of hydrogen-bond acceptors (Lipinski definition) is 8. The Morgan fingerprint density at radius 2 is 1.13 bits per heavy atom. The molecule has 2 aromatic rings. The second kappa shape index (κ2) is 9.88. The van der Waals surface area contributed by atoms with Crippen LogP contribution in [0.4, 0.5) is 0 Å². The first-order valence-corrected chi connectivity index (χ1v) is 14.4. The Morgan fingerprint density at radius 1 is 0.645 bits per heavy atom. The fourth-order valence-corrected chi connectivity index (χ4v) is 4.22. The molecule has 0 saturated carbocycles. The highest BCUT2D eigenvalue weighted by molar-refractivity contribution is 7.58. The monoisotopic (exact) mass is 472 g/mol. The topological polar surface area (TPSA) is 89.5 Å². The van der Waals surface area contributed by atoms with Crippen molar-refractivity contribution in [3.63, 3.8) is 0 Å². The maximum absolute atomic E-state index is 12.5. The van der Waals surface area contributed by atoms with Crippen molar-refractivity contribution in [2.75, 3.05) is 55.1 Å². The van der Waals surface area contributed by atoms with Crippen LogP contribution in [0.15, 0.2) is 24.3 Å². The van der Waals surface area contributed by atoms with Gasteiger partial charge in [-0.05, 0) is 23.8 Å². The lowest BCUT2D eigenvalue weighted by Crippen LogP contribution is -2.03. The van der Waals surface area contributed by atoms with Gasteiger partial charge in [-0.1, -0.05) is 6.07 Å². The average Bonchev–Trinajstić information content (AvgIpc) is 2.67. The van der Waals surface area contributed by atoms with E-state index < -0.39 is 14.7 Å². The summed E-state index contributed by atoms with van der Waals surface area (Å²) in [5.74, 6) is 2.21. The molecule has 0 heterocycles. The molecule has 0 atom stereocenters. The van der Waals surface area contributed by atoms with E-state index in [1.165, 1.54) is 40.9 Å². The molecule has 0 aliphatic rings. The highest BCUT2D eigenvalue weighted by atomic mass is 31.2. The number of methoxy groups -OCH3 is 4. The molecule has 0 fully saturated rings. The molecule has 0 radical (unpaired) electrons. The third-order valence-electron chi connectivity index (χ3n) is 4.12. The summed E-state index contributed by atoms with van der Waals surface area (Å²) in [7, 11) is 0.143. The van der Waals surface area contributed by atoms with Crippen LogP contribution in [0.1, 0.15) is 11.1 Å². The van der Waals surface area contributed by atoms with Crippen molar-refractivity contribution in [1.82, 2.24) is 0 Å². The quantitative estimate of drug-likeness (QED) is 0.439. The Bertz CT molecular complexity index is 997. The molecule has 0 N–H and O–H groups in total. The maximum atomic E-state index is 12.5. The van der Waals surface area contributed by atoms with Gasteiger partial charge in [0.2, 0.25) is 26.2 Å². The summed E-state index contributed by atoms with van der Waals surface area (Å²) in [6.07, 6.45) is 0.365. The third kappa shape index (κ3) is 6.59. The molecule has 31 heavy (non-hydrogen) atoms. The lowest BCUT2D eigenvalue weighted by molar-refractivity contribution is 0.324. The van der Waals surface area contributed by atoms with Crippen molar-refractivity contribution in [3.05, 3.63) is 35.4 Å². The SMILES string of the molecule is COc1cc(Cc2ccc(OC)c(OP(C)(C)=O)c2OP(C)(C)=O)cc(OC)c1OC. The Hall–Kier alpha value is -2.30. The van der Waals surface area contributed by atoms with Crippen LogP contribution in [-0.2, 0) is 15.6 Å². The first kappa shape index (κ1) is 25.0. The van der Waals surface area contributed by atoms with Crippen LogP contribution >= 0.6 is 14.7 Å². The van der Waals surface area contributed by atoms with Crippen LogP contribution in [0, 0.1) is 0 Å². The van der Waals surface area contributed by atoms with Crippen LogP contribution in [0.3, 0.4) is 0 Å². The molecule has 0 aliphatic carbocycles. The molecule has 2 aromatic carbocycles. The van der Waals surface area contributed by atoms with Crippen LogP contribution in [0.5, 0.6) is 34.5 Å². The van der Waals surface area contributed by atoms with Gasteiger partial charge in [0.1, 0.15) is 0 Å². The predicted molar refractivity (Wildman–Crippen MR) is 122 cm³/mol. The first-order chi connectivity index (χ1) is 14.4. The fourth-order valence-electron chi connectivity index (χ4n) is 2.97. The molecule has 0 spiro atoms. The van der Waals surface area contributed by atoms with Crippen molar-refractivity contribution >= 4 is 14.7 Å². The summed E-state index contributed by atoms with van der Waals surface area (Å²) < 4.78 is 58.1. The van der Waals surface area contributed by atoms with E-state index in [-0.39, 0.29) is 11.5 Å². The molecule has 2 rings (SSSR count). The van der Waals surface area contributed by atoms with Gasteiger partial charge in [0, 0.05) is 38.6 Å². The van der Waals surface area contributed by atoms with Crippen LogP contribution in [0.2, 0.25) is 0 Å². The molecule has 0 amide bonds. The van der Waals surface area contributed by atoms with E-state index in [9.17, 15) is 9.13 Å². The van der Waals surface area contributed by atoms with Gasteiger partial charge in [0.05, 0.1) is 28.4 Å². The molecular formula is C21H30O8P2. The molecule has 0 saturated heterocycles. The van der Waals surface area contributed by atoms with Crippen molar-refractivity contribution in [2.45, 2.75) is 6.42 Å². The van der Waals surface area contributed by atoms with Gasteiger partial charge in [-0.3, -0.25) is 9.13 Å². The normalized spacial score (nSPS) is 11.6. The molecule has 0 unspecified atom stereocenters. The minimum absolute atomic E-state index is 0.157. The summed E-state index contributed by atoms with van der Waals surface area (Å²) in [5, 5.41) is 0. The largest absolute Gasteiger partial charge is 0.493 e. The van der Waals surface area contributed by atoms with Gasteiger partial charge in [-0.15, -0.1) is 0 Å². The molecule has 0 aromatic heterocycles. The summed E-state index contributed by atoms with van der Waals surface area (Å²) in [4.78, 5) is 0. The Labute approximate surface area is 183 Å².